The molecule has 2 aliphatic heterocycles. The van der Waals surface area contributed by atoms with E-state index in [9.17, 15) is 9.59 Å². The number of aryl methyl sites for hydroxylation is 2. The van der Waals surface area contributed by atoms with E-state index in [2.05, 4.69) is 27.8 Å². The van der Waals surface area contributed by atoms with Crippen LogP contribution in [0.1, 0.15) is 51.3 Å². The van der Waals surface area contributed by atoms with Crippen molar-refractivity contribution >= 4 is 17.8 Å². The van der Waals surface area contributed by atoms with Crippen LogP contribution in [0.15, 0.2) is 12.1 Å². The van der Waals surface area contributed by atoms with Gasteiger partial charge in [-0.25, -0.2) is 9.78 Å². The fourth-order valence-corrected chi connectivity index (χ4v) is 3.60. The highest BCUT2D eigenvalue weighted by Crippen LogP contribution is 2.21. The number of ether oxygens (including phenoxy) is 1. The Bertz CT molecular complexity index is 714. The SMILES string of the molecule is CC(C)(C)OC(=O)N1CCC(C(=O)NCCCc2ccc3c(n2)NCCC3)C1. The standard InChI is InChI=1S/C21H32N4O3/c1-21(2,3)28-20(27)25-13-10-16(14-25)19(26)23-12-5-7-17-9-8-15-6-4-11-22-18(15)24-17/h8-9,16H,4-7,10-14H2,1-3H3,(H,22,24)(H,23,26). The summed E-state index contributed by atoms with van der Waals surface area (Å²) in [5.74, 6) is 0.880. The van der Waals surface area contributed by atoms with E-state index < -0.39 is 5.60 Å². The van der Waals surface area contributed by atoms with Gasteiger partial charge in [-0.2, -0.15) is 0 Å². The molecule has 154 valence electrons. The van der Waals surface area contributed by atoms with Crippen LogP contribution in [-0.2, 0) is 22.4 Å². The summed E-state index contributed by atoms with van der Waals surface area (Å²) < 4.78 is 5.38. The molecule has 1 fully saturated rings. The van der Waals surface area contributed by atoms with Gasteiger partial charge in [0.1, 0.15) is 11.4 Å². The normalized spacial score (nSPS) is 19.0. The Hall–Kier alpha value is -2.31. The molecule has 7 nitrogen and oxygen atoms in total. The number of nitrogens with one attached hydrogen (secondary N) is 2. The van der Waals surface area contributed by atoms with Crippen LogP contribution in [0.25, 0.3) is 0 Å². The van der Waals surface area contributed by atoms with E-state index in [1.165, 1.54) is 5.56 Å². The van der Waals surface area contributed by atoms with Gasteiger partial charge in [0.25, 0.3) is 0 Å². The molecular formula is C21H32N4O3. The fourth-order valence-electron chi connectivity index (χ4n) is 3.60. The number of rotatable bonds is 5. The van der Waals surface area contributed by atoms with Gasteiger partial charge in [-0.15, -0.1) is 0 Å². The van der Waals surface area contributed by atoms with Gasteiger partial charge in [0.05, 0.1) is 5.92 Å². The van der Waals surface area contributed by atoms with Crippen molar-refractivity contribution in [1.29, 1.82) is 0 Å². The zero-order chi connectivity index (χ0) is 20.1. The minimum atomic E-state index is -0.516. The number of likely N-dealkylation sites (tertiary alicyclic amines) is 1. The number of hydrogen-bond acceptors (Lipinski definition) is 5. The highest BCUT2D eigenvalue weighted by molar-refractivity contribution is 5.80. The van der Waals surface area contributed by atoms with Crippen molar-refractivity contribution in [3.63, 3.8) is 0 Å². The van der Waals surface area contributed by atoms with E-state index >= 15 is 0 Å². The summed E-state index contributed by atoms with van der Waals surface area (Å²) in [5, 5.41) is 6.36. The Morgan fingerprint density at radius 2 is 2.18 bits per heavy atom. The molecule has 3 heterocycles. The fraction of sp³-hybridized carbons (Fsp3) is 0.667. The van der Waals surface area contributed by atoms with E-state index in [0.717, 1.165) is 43.7 Å². The molecule has 0 spiro atoms. The van der Waals surface area contributed by atoms with Crippen molar-refractivity contribution in [2.24, 2.45) is 5.92 Å². The molecule has 7 heteroatoms. The molecule has 28 heavy (non-hydrogen) atoms. The minimum absolute atomic E-state index is 0.0196. The second-order valence-electron chi connectivity index (χ2n) is 8.65. The van der Waals surface area contributed by atoms with Gasteiger partial charge in [-0.1, -0.05) is 6.07 Å². The molecule has 0 saturated carbocycles. The van der Waals surface area contributed by atoms with Gasteiger partial charge in [0.15, 0.2) is 0 Å². The maximum atomic E-state index is 12.4. The van der Waals surface area contributed by atoms with Gasteiger partial charge in [0.2, 0.25) is 5.91 Å². The monoisotopic (exact) mass is 388 g/mol. The second kappa shape index (κ2) is 8.80. The maximum absolute atomic E-state index is 12.4. The van der Waals surface area contributed by atoms with E-state index in [-0.39, 0.29) is 17.9 Å². The number of pyridine rings is 1. The average molecular weight is 389 g/mol. The highest BCUT2D eigenvalue weighted by atomic mass is 16.6. The van der Waals surface area contributed by atoms with Crippen LogP contribution in [0, 0.1) is 5.92 Å². The first-order chi connectivity index (χ1) is 13.3. The summed E-state index contributed by atoms with van der Waals surface area (Å²) >= 11 is 0. The Kier molecular flexibility index (Phi) is 6.42. The first-order valence-electron chi connectivity index (χ1n) is 10.3. The third-order valence-corrected chi connectivity index (χ3v) is 5.07. The predicted molar refractivity (Wildman–Crippen MR) is 108 cm³/mol. The number of anilines is 1. The Labute approximate surface area is 167 Å². The van der Waals surface area contributed by atoms with Crippen LogP contribution in [-0.4, -0.2) is 53.7 Å². The number of nitrogens with zero attached hydrogens (tertiary/aromatic N) is 2. The molecule has 0 aromatic carbocycles. The van der Waals surface area contributed by atoms with E-state index in [1.807, 2.05) is 20.8 Å². The van der Waals surface area contributed by atoms with Gasteiger partial charge >= 0.3 is 6.09 Å². The molecule has 2 aliphatic rings. The second-order valence-corrected chi connectivity index (χ2v) is 8.65. The average Bonchev–Trinajstić information content (AvgIpc) is 3.14. The Balaban J connectivity index is 1.37. The molecule has 1 unspecified atom stereocenters. The van der Waals surface area contributed by atoms with Crippen LogP contribution >= 0.6 is 0 Å². The molecule has 1 aromatic rings. The molecule has 1 atom stereocenters. The van der Waals surface area contributed by atoms with Crippen LogP contribution in [0.2, 0.25) is 0 Å². The van der Waals surface area contributed by atoms with Crippen molar-refractivity contribution < 1.29 is 14.3 Å². The van der Waals surface area contributed by atoms with Crippen LogP contribution in [0.5, 0.6) is 0 Å². The third kappa shape index (κ3) is 5.59. The van der Waals surface area contributed by atoms with Crippen LogP contribution in [0.4, 0.5) is 10.6 Å². The lowest BCUT2D eigenvalue weighted by Gasteiger charge is -2.24. The van der Waals surface area contributed by atoms with Crippen molar-refractivity contribution in [3.8, 4) is 0 Å². The molecule has 0 bridgehead atoms. The van der Waals surface area contributed by atoms with Crippen molar-refractivity contribution in [1.82, 2.24) is 15.2 Å². The maximum Gasteiger partial charge on any atom is 0.410 e. The van der Waals surface area contributed by atoms with Gasteiger partial charge in [-0.05, 0) is 64.5 Å². The lowest BCUT2D eigenvalue weighted by Crippen LogP contribution is -2.37. The molecule has 0 radical (unpaired) electrons. The van der Waals surface area contributed by atoms with Crippen LogP contribution in [0.3, 0.4) is 0 Å². The highest BCUT2D eigenvalue weighted by Gasteiger charge is 2.33. The molecule has 3 rings (SSSR count). The number of hydrogen-bond donors (Lipinski definition) is 2. The summed E-state index contributed by atoms with van der Waals surface area (Å²) in [4.78, 5) is 30.8. The number of amides is 2. The van der Waals surface area contributed by atoms with Gasteiger partial charge < -0.3 is 20.3 Å². The predicted octanol–water partition coefficient (Wildman–Crippen LogP) is 2.75. The number of fused-ring (bicyclic) bond motifs is 1. The molecule has 0 aliphatic carbocycles. The number of carbonyl (C=O) groups is 2. The Morgan fingerprint density at radius 1 is 1.36 bits per heavy atom. The Morgan fingerprint density at radius 3 is 2.96 bits per heavy atom. The quantitative estimate of drug-likeness (QED) is 0.758. The summed E-state index contributed by atoms with van der Waals surface area (Å²) in [6, 6.07) is 4.25. The minimum Gasteiger partial charge on any atom is -0.444 e. The smallest absolute Gasteiger partial charge is 0.410 e. The zero-order valence-electron chi connectivity index (χ0n) is 17.2. The topological polar surface area (TPSA) is 83.6 Å². The van der Waals surface area contributed by atoms with Crippen LogP contribution < -0.4 is 10.6 Å². The van der Waals surface area contributed by atoms with Gasteiger partial charge in [-0.3, -0.25) is 4.79 Å². The molecule has 2 N–H and O–H groups in total. The summed E-state index contributed by atoms with van der Waals surface area (Å²) in [5.41, 5.74) is 1.83. The first kappa shape index (κ1) is 20.4. The van der Waals surface area contributed by atoms with E-state index in [1.54, 1.807) is 4.90 Å². The number of aromatic nitrogens is 1. The molecule has 1 saturated heterocycles. The lowest BCUT2D eigenvalue weighted by molar-refractivity contribution is -0.124. The summed E-state index contributed by atoms with van der Waals surface area (Å²) in [6.07, 6.45) is 4.28. The van der Waals surface area contributed by atoms with Gasteiger partial charge in [0, 0.05) is 31.9 Å². The van der Waals surface area contributed by atoms with Crippen molar-refractivity contribution in [2.45, 2.75) is 58.5 Å². The molecular weight excluding hydrogens is 356 g/mol. The molecule has 1 aromatic heterocycles. The zero-order valence-corrected chi connectivity index (χ0v) is 17.2. The van der Waals surface area contributed by atoms with Crippen molar-refractivity contribution in [2.75, 3.05) is 31.5 Å². The van der Waals surface area contributed by atoms with Crippen molar-refractivity contribution in [3.05, 3.63) is 23.4 Å². The largest absolute Gasteiger partial charge is 0.444 e. The van der Waals surface area contributed by atoms with E-state index in [4.69, 9.17) is 4.74 Å². The lowest BCUT2D eigenvalue weighted by atomic mass is 10.1. The molecule has 2 amide bonds. The number of carbonyl (C=O) groups excluding carboxylic acids is 2. The summed E-state index contributed by atoms with van der Waals surface area (Å²) in [6.45, 7) is 8.14. The first-order valence-corrected chi connectivity index (χ1v) is 10.3. The van der Waals surface area contributed by atoms with E-state index in [0.29, 0.717) is 26.1 Å². The summed E-state index contributed by atoms with van der Waals surface area (Å²) in [7, 11) is 0. The third-order valence-electron chi connectivity index (χ3n) is 5.07.